The van der Waals surface area contributed by atoms with E-state index in [0.29, 0.717) is 58.2 Å². The van der Waals surface area contributed by atoms with Crippen molar-refractivity contribution in [1.82, 2.24) is 5.32 Å². The van der Waals surface area contributed by atoms with Crippen LogP contribution in [0.2, 0.25) is 5.02 Å². The number of aliphatic imine (C=N–C) groups is 1. The van der Waals surface area contributed by atoms with E-state index in [9.17, 15) is 10.3 Å². The van der Waals surface area contributed by atoms with Crippen molar-refractivity contribution in [3.63, 3.8) is 0 Å². The first kappa shape index (κ1) is 33.8. The largest absolute Gasteiger partial charge is 0.494 e. The van der Waals surface area contributed by atoms with Gasteiger partial charge in [0, 0.05) is 52.1 Å². The lowest BCUT2D eigenvalue weighted by atomic mass is 9.80. The molecule has 0 saturated carbocycles. The maximum atomic E-state index is 14.6. The molecule has 1 heterocycles. The number of carbonyl (C=O) groups excluding carboxylic acids is 1. The minimum absolute atomic E-state index is 0.0251. The molecule has 1 aliphatic rings. The molecule has 0 radical (unpaired) electrons. The quantitative estimate of drug-likeness (QED) is 0.0572. The molecule has 0 saturated heterocycles. The summed E-state index contributed by atoms with van der Waals surface area (Å²) in [6.45, 7) is 0.706. The molecule has 0 bridgehead atoms. The second-order valence-electron chi connectivity index (χ2n) is 11.0. The molecule has 2 N–H and O–H groups in total. The van der Waals surface area contributed by atoms with Crippen molar-refractivity contribution in [3.05, 3.63) is 151 Å². The standard InChI is InChI=1S/C35H33ClN8O4/c36-28-10-5-7-24(21-28)17-18-39-34(46)35(22-26-8-2-4-12-31(26)42-44-38)32(30-11-3-1-9-27(30)23-40-43-37)48-33(41-35)25-13-15-29(16-14-25)47-20-6-19-45/h1-5,7-16,21,32,45H,6,17-20,22-23H2,(H,39,46)/t32-,35-/m1/s1. The van der Waals surface area contributed by atoms with Crippen LogP contribution >= 0.6 is 11.6 Å². The third-order valence-electron chi connectivity index (χ3n) is 7.86. The molecule has 4 aromatic carbocycles. The van der Waals surface area contributed by atoms with Crippen molar-refractivity contribution in [2.24, 2.45) is 15.2 Å². The highest BCUT2D eigenvalue weighted by Crippen LogP contribution is 2.45. The zero-order valence-electron chi connectivity index (χ0n) is 25.9. The highest BCUT2D eigenvalue weighted by atomic mass is 35.5. The normalized spacial score (nSPS) is 16.5. The number of hydrogen-bond acceptors (Lipinski definition) is 7. The van der Waals surface area contributed by atoms with E-state index in [2.05, 4.69) is 25.4 Å². The van der Waals surface area contributed by atoms with Crippen LogP contribution in [0.3, 0.4) is 0 Å². The lowest BCUT2D eigenvalue weighted by Gasteiger charge is -2.32. The van der Waals surface area contributed by atoms with Gasteiger partial charge < -0.3 is 19.9 Å². The van der Waals surface area contributed by atoms with Gasteiger partial charge in [-0.1, -0.05) is 82.5 Å². The Hall–Kier alpha value is -5.51. The van der Waals surface area contributed by atoms with E-state index in [1.54, 1.807) is 54.6 Å². The molecule has 0 aromatic heterocycles. The third kappa shape index (κ3) is 8.06. The fraction of sp³-hybridized carbons (Fsp3) is 0.257. The van der Waals surface area contributed by atoms with Crippen LogP contribution in [0.1, 0.15) is 40.3 Å². The number of aliphatic hydroxyl groups is 1. The molecule has 48 heavy (non-hydrogen) atoms. The van der Waals surface area contributed by atoms with Gasteiger partial charge in [0.1, 0.15) is 5.75 Å². The number of amides is 1. The second kappa shape index (κ2) is 16.4. The molecule has 0 fully saturated rings. The summed E-state index contributed by atoms with van der Waals surface area (Å²) in [6.07, 6.45) is 0.0898. The molecule has 4 aromatic rings. The Kier molecular flexibility index (Phi) is 11.5. The Bertz CT molecular complexity index is 1870. The average Bonchev–Trinajstić information content (AvgIpc) is 3.49. The van der Waals surface area contributed by atoms with Gasteiger partial charge in [-0.3, -0.25) is 4.79 Å². The van der Waals surface area contributed by atoms with Gasteiger partial charge in [-0.05, 0) is 76.1 Å². The summed E-state index contributed by atoms with van der Waals surface area (Å²) in [6, 6.07) is 28.9. The Balaban J connectivity index is 1.61. The van der Waals surface area contributed by atoms with Gasteiger partial charge in [-0.15, -0.1) is 0 Å². The topological polar surface area (TPSA) is 178 Å². The molecule has 0 unspecified atom stereocenters. The van der Waals surface area contributed by atoms with Crippen LogP contribution in [0.4, 0.5) is 5.69 Å². The first-order valence-corrected chi connectivity index (χ1v) is 15.7. The van der Waals surface area contributed by atoms with E-state index >= 15 is 0 Å². The van der Waals surface area contributed by atoms with Crippen molar-refractivity contribution in [3.8, 4) is 5.75 Å². The lowest BCUT2D eigenvalue weighted by Crippen LogP contribution is -2.50. The average molecular weight is 665 g/mol. The zero-order chi connectivity index (χ0) is 33.8. The molecule has 2 atom stereocenters. The number of hydrogen-bond donors (Lipinski definition) is 2. The number of ether oxygens (including phenoxy) is 2. The van der Waals surface area contributed by atoms with Gasteiger partial charge in [0.25, 0.3) is 5.91 Å². The maximum absolute atomic E-state index is 14.6. The molecule has 5 rings (SSSR count). The summed E-state index contributed by atoms with van der Waals surface area (Å²) in [5.41, 5.74) is 20.7. The molecule has 12 nitrogen and oxygen atoms in total. The maximum Gasteiger partial charge on any atom is 0.252 e. The number of aliphatic hydroxyl groups excluding tert-OH is 1. The molecule has 244 valence electrons. The lowest BCUT2D eigenvalue weighted by molar-refractivity contribution is -0.128. The second-order valence-corrected chi connectivity index (χ2v) is 11.4. The summed E-state index contributed by atoms with van der Waals surface area (Å²) in [5.74, 6) is 0.435. The predicted octanol–water partition coefficient (Wildman–Crippen LogP) is 7.71. The molecule has 1 aliphatic heterocycles. The Labute approximate surface area is 282 Å². The van der Waals surface area contributed by atoms with Gasteiger partial charge in [0.15, 0.2) is 11.6 Å². The van der Waals surface area contributed by atoms with E-state index in [1.807, 2.05) is 42.5 Å². The van der Waals surface area contributed by atoms with Crippen LogP contribution in [-0.2, 0) is 28.9 Å². The SMILES string of the molecule is [N-]=[N+]=NCc1ccccc1[C@H]1OC(c2ccc(OCCCO)cc2)=N[C@@]1(Cc1ccccc1N=[N+]=[N-])C(=O)NCCc1cccc(Cl)c1. The first-order chi connectivity index (χ1) is 23.5. The molecule has 0 aliphatic carbocycles. The summed E-state index contributed by atoms with van der Waals surface area (Å²) in [7, 11) is 0. The van der Waals surface area contributed by atoms with Gasteiger partial charge in [-0.25, -0.2) is 4.99 Å². The van der Waals surface area contributed by atoms with Crippen LogP contribution < -0.4 is 10.1 Å². The van der Waals surface area contributed by atoms with Gasteiger partial charge in [-0.2, -0.15) is 0 Å². The van der Waals surface area contributed by atoms with Crippen molar-refractivity contribution in [1.29, 1.82) is 0 Å². The number of halogens is 1. The summed E-state index contributed by atoms with van der Waals surface area (Å²) in [4.78, 5) is 25.6. The van der Waals surface area contributed by atoms with Crippen LogP contribution in [0.5, 0.6) is 5.75 Å². The minimum atomic E-state index is -1.58. The van der Waals surface area contributed by atoms with Crippen LogP contribution in [0.25, 0.3) is 20.9 Å². The van der Waals surface area contributed by atoms with Crippen molar-refractivity contribution < 1.29 is 19.4 Å². The number of rotatable bonds is 15. The Morgan fingerprint density at radius 1 is 1.00 bits per heavy atom. The number of azide groups is 2. The molecule has 1 amide bonds. The van der Waals surface area contributed by atoms with Gasteiger partial charge in [0.05, 0.1) is 13.2 Å². The van der Waals surface area contributed by atoms with Crippen LogP contribution in [0.15, 0.2) is 112 Å². The van der Waals surface area contributed by atoms with E-state index < -0.39 is 17.6 Å². The Morgan fingerprint density at radius 2 is 1.77 bits per heavy atom. The van der Waals surface area contributed by atoms with Crippen molar-refractivity contribution in [2.75, 3.05) is 19.8 Å². The zero-order valence-corrected chi connectivity index (χ0v) is 26.7. The fourth-order valence-electron chi connectivity index (χ4n) is 5.56. The molecule has 0 spiro atoms. The highest BCUT2D eigenvalue weighted by Gasteiger charge is 2.54. The number of nitrogens with zero attached hydrogens (tertiary/aromatic N) is 7. The van der Waals surface area contributed by atoms with Crippen LogP contribution in [-0.4, -0.2) is 42.2 Å². The summed E-state index contributed by atoms with van der Waals surface area (Å²) >= 11 is 6.19. The number of carbonyl (C=O) groups is 1. The van der Waals surface area contributed by atoms with Crippen molar-refractivity contribution in [2.45, 2.75) is 37.5 Å². The van der Waals surface area contributed by atoms with E-state index in [-0.39, 0.29) is 32.0 Å². The van der Waals surface area contributed by atoms with E-state index in [4.69, 9.17) is 36.7 Å². The van der Waals surface area contributed by atoms with Gasteiger partial charge >= 0.3 is 0 Å². The van der Waals surface area contributed by atoms with Gasteiger partial charge in [0.2, 0.25) is 5.90 Å². The van der Waals surface area contributed by atoms with E-state index in [1.165, 1.54) is 0 Å². The van der Waals surface area contributed by atoms with E-state index in [0.717, 1.165) is 5.56 Å². The monoisotopic (exact) mass is 664 g/mol. The third-order valence-corrected chi connectivity index (χ3v) is 8.10. The minimum Gasteiger partial charge on any atom is -0.494 e. The van der Waals surface area contributed by atoms with Crippen molar-refractivity contribution >= 4 is 29.1 Å². The molecular formula is C35H33ClN8O4. The van der Waals surface area contributed by atoms with Crippen LogP contribution in [0, 0.1) is 0 Å². The smallest absolute Gasteiger partial charge is 0.252 e. The summed E-state index contributed by atoms with van der Waals surface area (Å²) in [5, 5.41) is 20.4. The Morgan fingerprint density at radius 3 is 2.52 bits per heavy atom. The number of nitrogens with one attached hydrogen (secondary N) is 1. The highest BCUT2D eigenvalue weighted by molar-refractivity contribution is 6.30. The predicted molar refractivity (Wildman–Crippen MR) is 183 cm³/mol. The summed E-state index contributed by atoms with van der Waals surface area (Å²) < 4.78 is 12.3. The fourth-order valence-corrected chi connectivity index (χ4v) is 5.78. The molecular weight excluding hydrogens is 632 g/mol. The number of benzene rings is 4. The first-order valence-electron chi connectivity index (χ1n) is 15.3. The molecule has 13 heteroatoms.